The topological polar surface area (TPSA) is 26.3 Å². The molecule has 32 heavy (non-hydrogen) atoms. The molecule has 1 atom stereocenters. The highest BCUT2D eigenvalue weighted by Crippen LogP contribution is 2.36. The van der Waals surface area contributed by atoms with Crippen molar-refractivity contribution in [2.24, 2.45) is 5.92 Å². The molecule has 1 aliphatic heterocycles. The summed E-state index contributed by atoms with van der Waals surface area (Å²) in [5.41, 5.74) is 7.91. The van der Waals surface area contributed by atoms with E-state index in [-0.39, 0.29) is 17.5 Å². The van der Waals surface area contributed by atoms with Gasteiger partial charge in [0.15, 0.2) is 5.78 Å². The molecule has 0 spiro atoms. The lowest BCUT2D eigenvalue weighted by Crippen LogP contribution is -2.16. The van der Waals surface area contributed by atoms with Crippen LogP contribution in [0.3, 0.4) is 0 Å². The van der Waals surface area contributed by atoms with Gasteiger partial charge in [-0.15, -0.1) is 0 Å². The van der Waals surface area contributed by atoms with E-state index in [0.717, 1.165) is 55.6 Å². The van der Waals surface area contributed by atoms with Gasteiger partial charge in [0.2, 0.25) is 0 Å². The molecule has 0 radical (unpaired) electrons. The fraction of sp³-hybridized carbons (Fsp3) is 0.345. The smallest absolute Gasteiger partial charge is 0.167 e. The van der Waals surface area contributed by atoms with E-state index in [9.17, 15) is 9.18 Å². The normalized spacial score (nSPS) is 18.5. The minimum Gasteiger partial charge on any atom is -0.381 e. The van der Waals surface area contributed by atoms with Gasteiger partial charge in [-0.25, -0.2) is 4.39 Å². The summed E-state index contributed by atoms with van der Waals surface area (Å²) in [6.07, 6.45) is 3.69. The van der Waals surface area contributed by atoms with Gasteiger partial charge in [0.1, 0.15) is 5.82 Å². The second kappa shape index (κ2) is 8.63. The number of hydrogen-bond donors (Lipinski definition) is 0. The first-order valence-corrected chi connectivity index (χ1v) is 11.6. The van der Waals surface area contributed by atoms with Crippen LogP contribution in [0.1, 0.15) is 56.9 Å². The van der Waals surface area contributed by atoms with E-state index in [4.69, 9.17) is 4.74 Å². The fourth-order valence-corrected chi connectivity index (χ4v) is 5.20. The van der Waals surface area contributed by atoms with Gasteiger partial charge in [-0.1, -0.05) is 48.0 Å². The van der Waals surface area contributed by atoms with Gasteiger partial charge in [0.05, 0.1) is 0 Å². The molecule has 3 aromatic rings. The van der Waals surface area contributed by atoms with Gasteiger partial charge < -0.3 is 4.74 Å². The molecule has 5 rings (SSSR count). The molecule has 1 saturated heterocycles. The molecule has 0 bridgehead atoms. The molecule has 0 saturated carbocycles. The highest BCUT2D eigenvalue weighted by atomic mass is 19.1. The second-order valence-corrected chi connectivity index (χ2v) is 9.40. The standard InChI is InChI=1S/C29H29FO2/c1-18-3-8-26(23-5-4-19(2)28(30)17-23)27(13-18)29(31)25-15-22-7-6-21(14-24(22)16-25)20-9-11-32-12-10-20/h3-8,13-14,17,20,25H,9-12,15-16H2,1-2H3. The number of aryl methyl sites for hydroxylation is 2. The molecular weight excluding hydrogens is 399 g/mol. The molecule has 0 N–H and O–H groups in total. The molecule has 2 aliphatic rings. The van der Waals surface area contributed by atoms with E-state index in [1.807, 2.05) is 31.2 Å². The molecule has 1 heterocycles. The molecule has 1 fully saturated rings. The van der Waals surface area contributed by atoms with Crippen LogP contribution >= 0.6 is 0 Å². The predicted octanol–water partition coefficient (Wildman–Crippen LogP) is 6.60. The van der Waals surface area contributed by atoms with Crippen molar-refractivity contribution < 1.29 is 13.9 Å². The minimum atomic E-state index is -0.240. The second-order valence-electron chi connectivity index (χ2n) is 9.40. The monoisotopic (exact) mass is 428 g/mol. The average molecular weight is 429 g/mol. The van der Waals surface area contributed by atoms with Gasteiger partial charge in [0, 0.05) is 24.7 Å². The van der Waals surface area contributed by atoms with Crippen LogP contribution < -0.4 is 0 Å². The third kappa shape index (κ3) is 4.02. The van der Waals surface area contributed by atoms with E-state index in [2.05, 4.69) is 18.2 Å². The highest BCUT2D eigenvalue weighted by molar-refractivity contribution is 6.04. The molecular formula is C29H29FO2. The van der Waals surface area contributed by atoms with E-state index in [0.29, 0.717) is 17.0 Å². The number of ether oxygens (including phenoxy) is 1. The summed E-state index contributed by atoms with van der Waals surface area (Å²) in [6, 6.07) is 17.9. The van der Waals surface area contributed by atoms with Crippen LogP contribution in [0.15, 0.2) is 54.6 Å². The Balaban J connectivity index is 1.43. The number of rotatable bonds is 4. The van der Waals surface area contributed by atoms with Gasteiger partial charge in [-0.2, -0.15) is 0 Å². The van der Waals surface area contributed by atoms with Crippen molar-refractivity contribution in [2.75, 3.05) is 13.2 Å². The van der Waals surface area contributed by atoms with Crippen LogP contribution in [0, 0.1) is 25.6 Å². The molecule has 164 valence electrons. The van der Waals surface area contributed by atoms with Crippen LogP contribution in [0.4, 0.5) is 4.39 Å². The Morgan fingerprint density at radius 3 is 2.47 bits per heavy atom. The number of benzene rings is 3. The van der Waals surface area contributed by atoms with Crippen molar-refractivity contribution in [3.05, 3.63) is 93.8 Å². The number of carbonyl (C=O) groups excluding carboxylic acids is 1. The largest absolute Gasteiger partial charge is 0.381 e. The molecule has 1 aliphatic carbocycles. The molecule has 0 aromatic heterocycles. The number of fused-ring (bicyclic) bond motifs is 1. The van der Waals surface area contributed by atoms with Crippen molar-refractivity contribution in [3.8, 4) is 11.1 Å². The summed E-state index contributed by atoms with van der Waals surface area (Å²) in [7, 11) is 0. The van der Waals surface area contributed by atoms with E-state index >= 15 is 0 Å². The maximum atomic E-state index is 14.3. The maximum absolute atomic E-state index is 14.3. The zero-order valence-corrected chi connectivity index (χ0v) is 18.8. The first-order chi connectivity index (χ1) is 15.5. The van der Waals surface area contributed by atoms with E-state index in [1.165, 1.54) is 16.7 Å². The number of hydrogen-bond acceptors (Lipinski definition) is 2. The van der Waals surface area contributed by atoms with Gasteiger partial charge in [-0.3, -0.25) is 4.79 Å². The van der Waals surface area contributed by atoms with Crippen LogP contribution in [-0.2, 0) is 17.6 Å². The van der Waals surface area contributed by atoms with E-state index < -0.39 is 0 Å². The van der Waals surface area contributed by atoms with Crippen molar-refractivity contribution in [3.63, 3.8) is 0 Å². The summed E-state index contributed by atoms with van der Waals surface area (Å²) in [5, 5.41) is 0. The Morgan fingerprint density at radius 1 is 0.906 bits per heavy atom. The first kappa shape index (κ1) is 21.1. The summed E-state index contributed by atoms with van der Waals surface area (Å²) in [6.45, 7) is 5.42. The Bertz CT molecular complexity index is 1170. The minimum absolute atomic E-state index is 0.0641. The third-order valence-electron chi connectivity index (χ3n) is 7.15. The number of halogens is 1. The molecule has 2 nitrogen and oxygen atoms in total. The maximum Gasteiger partial charge on any atom is 0.167 e. The summed E-state index contributed by atoms with van der Waals surface area (Å²) < 4.78 is 19.8. The van der Waals surface area contributed by atoms with Gasteiger partial charge in [-0.05, 0) is 91.0 Å². The van der Waals surface area contributed by atoms with Crippen molar-refractivity contribution in [1.82, 2.24) is 0 Å². The van der Waals surface area contributed by atoms with Crippen LogP contribution in [0.25, 0.3) is 11.1 Å². The summed E-state index contributed by atoms with van der Waals surface area (Å²) in [5.74, 6) is 0.415. The van der Waals surface area contributed by atoms with Crippen molar-refractivity contribution in [1.29, 1.82) is 0 Å². The lowest BCUT2D eigenvalue weighted by Gasteiger charge is -2.22. The van der Waals surface area contributed by atoms with Crippen molar-refractivity contribution in [2.45, 2.75) is 45.4 Å². The van der Waals surface area contributed by atoms with Gasteiger partial charge in [0.25, 0.3) is 0 Å². The fourth-order valence-electron chi connectivity index (χ4n) is 5.20. The number of Topliss-reactive ketones (excluding diaryl/α,β-unsaturated/α-hetero) is 1. The lowest BCUT2D eigenvalue weighted by atomic mass is 9.88. The molecule has 3 aromatic carbocycles. The first-order valence-electron chi connectivity index (χ1n) is 11.6. The quantitative estimate of drug-likeness (QED) is 0.438. The van der Waals surface area contributed by atoms with Crippen LogP contribution in [-0.4, -0.2) is 19.0 Å². The highest BCUT2D eigenvalue weighted by Gasteiger charge is 2.30. The zero-order chi connectivity index (χ0) is 22.2. The van der Waals surface area contributed by atoms with Crippen molar-refractivity contribution >= 4 is 5.78 Å². The molecule has 3 heteroatoms. The molecule has 0 amide bonds. The Labute approximate surface area is 189 Å². The average Bonchev–Trinajstić information content (AvgIpc) is 3.24. The Hall–Kier alpha value is -2.78. The van der Waals surface area contributed by atoms with Crippen LogP contribution in [0.2, 0.25) is 0 Å². The van der Waals surface area contributed by atoms with E-state index in [1.54, 1.807) is 19.1 Å². The predicted molar refractivity (Wildman–Crippen MR) is 126 cm³/mol. The third-order valence-corrected chi connectivity index (χ3v) is 7.15. The Kier molecular flexibility index (Phi) is 5.69. The lowest BCUT2D eigenvalue weighted by molar-refractivity contribution is 0.0853. The zero-order valence-electron chi connectivity index (χ0n) is 18.8. The SMILES string of the molecule is Cc1ccc(-c2ccc(C)c(F)c2)c(C(=O)C2Cc3ccc(C4CCOCC4)cc3C2)c1. The Morgan fingerprint density at radius 2 is 1.69 bits per heavy atom. The summed E-state index contributed by atoms with van der Waals surface area (Å²) >= 11 is 0. The number of carbonyl (C=O) groups is 1. The van der Waals surface area contributed by atoms with Crippen LogP contribution in [0.5, 0.6) is 0 Å². The van der Waals surface area contributed by atoms with Gasteiger partial charge >= 0.3 is 0 Å². The molecule has 1 unspecified atom stereocenters. The number of ketones is 1. The summed E-state index contributed by atoms with van der Waals surface area (Å²) in [4.78, 5) is 13.7.